The Bertz CT molecular complexity index is 194. The summed E-state index contributed by atoms with van der Waals surface area (Å²) in [6.45, 7) is 16.0. The lowest BCUT2D eigenvalue weighted by molar-refractivity contribution is -0.119. The predicted octanol–water partition coefficient (Wildman–Crippen LogP) is 3.25. The van der Waals surface area contributed by atoms with Gasteiger partial charge in [0.05, 0.1) is 0 Å². The molecule has 0 atom stereocenters. The van der Waals surface area contributed by atoms with Crippen LogP contribution in [-0.4, -0.2) is 28.3 Å². The summed E-state index contributed by atoms with van der Waals surface area (Å²) in [4.78, 5) is 13.7. The van der Waals surface area contributed by atoms with Crippen LogP contribution in [0.5, 0.6) is 0 Å². The van der Waals surface area contributed by atoms with E-state index in [2.05, 4.69) is 46.4 Å². The van der Waals surface area contributed by atoms with Gasteiger partial charge in [-0.1, -0.05) is 6.92 Å². The summed E-state index contributed by atoms with van der Waals surface area (Å²) in [5.41, 5.74) is 0.235. The van der Waals surface area contributed by atoms with Gasteiger partial charge in [0, 0.05) is 30.5 Å². The Morgan fingerprint density at radius 2 is 1.40 bits per heavy atom. The highest BCUT2D eigenvalue weighted by Crippen LogP contribution is 2.24. The second-order valence-corrected chi connectivity index (χ2v) is 6.14. The van der Waals surface area contributed by atoms with Crippen molar-refractivity contribution in [2.75, 3.05) is 6.54 Å². The van der Waals surface area contributed by atoms with E-state index in [0.29, 0.717) is 18.6 Å². The van der Waals surface area contributed by atoms with Crippen LogP contribution in [0.3, 0.4) is 0 Å². The topological polar surface area (TPSA) is 20.3 Å². The number of hydrogen-bond acceptors (Lipinski definition) is 2. The summed E-state index contributed by atoms with van der Waals surface area (Å²) < 4.78 is 0. The highest BCUT2D eigenvalue weighted by atomic mass is 16.1. The van der Waals surface area contributed by atoms with Crippen molar-refractivity contribution in [3.8, 4) is 0 Å². The molecule has 0 aliphatic rings. The summed E-state index contributed by atoms with van der Waals surface area (Å²) in [6.07, 6.45) is 1.33. The molecule has 0 radical (unpaired) electrons. The molecule has 0 saturated carbocycles. The van der Waals surface area contributed by atoms with Crippen molar-refractivity contribution >= 4 is 5.78 Å². The molecule has 0 aromatic carbocycles. The van der Waals surface area contributed by atoms with Crippen LogP contribution in [-0.2, 0) is 4.79 Å². The zero-order chi connectivity index (χ0) is 12.3. The van der Waals surface area contributed by atoms with Gasteiger partial charge in [0.1, 0.15) is 5.78 Å². The Labute approximate surface area is 95.0 Å². The highest BCUT2D eigenvalue weighted by molar-refractivity contribution is 5.78. The van der Waals surface area contributed by atoms with Crippen LogP contribution in [0.4, 0.5) is 0 Å². The van der Waals surface area contributed by atoms with Crippen LogP contribution >= 0.6 is 0 Å². The molecule has 0 aliphatic heterocycles. The summed E-state index contributed by atoms with van der Waals surface area (Å²) in [6, 6.07) is 0. The van der Waals surface area contributed by atoms with Crippen LogP contribution < -0.4 is 0 Å². The van der Waals surface area contributed by atoms with E-state index in [1.54, 1.807) is 0 Å². The first-order valence-electron chi connectivity index (χ1n) is 5.88. The molecule has 0 aromatic rings. The fourth-order valence-corrected chi connectivity index (χ4v) is 2.09. The standard InChI is InChI=1S/C13H27NO/c1-8-11(15)9-10-14(12(2,3)4)13(5,6)7/h8-10H2,1-7H3. The molecular weight excluding hydrogens is 186 g/mol. The van der Waals surface area contributed by atoms with Gasteiger partial charge in [-0.15, -0.1) is 0 Å². The molecule has 0 bridgehead atoms. The monoisotopic (exact) mass is 213 g/mol. The molecular formula is C13H27NO. The van der Waals surface area contributed by atoms with E-state index in [1.165, 1.54) is 0 Å². The third kappa shape index (κ3) is 5.31. The minimum Gasteiger partial charge on any atom is -0.300 e. The second-order valence-electron chi connectivity index (χ2n) is 6.14. The average Bonchev–Trinajstić information content (AvgIpc) is 1.99. The Kier molecular flexibility index (Phi) is 4.98. The van der Waals surface area contributed by atoms with Crippen molar-refractivity contribution in [2.45, 2.75) is 72.4 Å². The Hall–Kier alpha value is -0.370. The van der Waals surface area contributed by atoms with Crippen molar-refractivity contribution in [1.82, 2.24) is 4.90 Å². The van der Waals surface area contributed by atoms with Crippen LogP contribution in [0.25, 0.3) is 0 Å². The summed E-state index contributed by atoms with van der Waals surface area (Å²) in [5, 5.41) is 0. The fraction of sp³-hybridized carbons (Fsp3) is 0.923. The largest absolute Gasteiger partial charge is 0.300 e. The maximum atomic E-state index is 11.3. The van der Waals surface area contributed by atoms with Crippen molar-refractivity contribution < 1.29 is 4.79 Å². The minimum absolute atomic E-state index is 0.117. The molecule has 2 heteroatoms. The normalized spacial score (nSPS) is 13.3. The van der Waals surface area contributed by atoms with Gasteiger partial charge in [0.15, 0.2) is 0 Å². The van der Waals surface area contributed by atoms with E-state index < -0.39 is 0 Å². The second kappa shape index (κ2) is 5.11. The Morgan fingerprint density at radius 1 is 1.00 bits per heavy atom. The number of carbonyl (C=O) groups excluding carboxylic acids is 1. The number of hydrogen-bond donors (Lipinski definition) is 0. The lowest BCUT2D eigenvalue weighted by Crippen LogP contribution is -2.53. The molecule has 0 aliphatic carbocycles. The zero-order valence-electron chi connectivity index (χ0n) is 11.5. The van der Waals surface area contributed by atoms with Gasteiger partial charge in [-0.2, -0.15) is 0 Å². The van der Waals surface area contributed by atoms with E-state index in [0.717, 1.165) is 6.54 Å². The van der Waals surface area contributed by atoms with Crippen molar-refractivity contribution in [3.05, 3.63) is 0 Å². The molecule has 0 spiro atoms. The molecule has 90 valence electrons. The molecule has 0 N–H and O–H groups in total. The average molecular weight is 213 g/mol. The first-order chi connectivity index (χ1) is 6.59. The first-order valence-corrected chi connectivity index (χ1v) is 5.88. The molecule has 0 fully saturated rings. The Balaban J connectivity index is 4.49. The zero-order valence-corrected chi connectivity index (χ0v) is 11.5. The lowest BCUT2D eigenvalue weighted by Gasteiger charge is -2.45. The summed E-state index contributed by atoms with van der Waals surface area (Å²) in [5.74, 6) is 0.355. The lowest BCUT2D eigenvalue weighted by atomic mass is 9.95. The van der Waals surface area contributed by atoms with E-state index in [-0.39, 0.29) is 11.1 Å². The van der Waals surface area contributed by atoms with Gasteiger partial charge in [-0.25, -0.2) is 0 Å². The molecule has 0 amide bonds. The third-order valence-corrected chi connectivity index (χ3v) is 2.63. The highest BCUT2D eigenvalue weighted by Gasteiger charge is 2.31. The van der Waals surface area contributed by atoms with E-state index in [4.69, 9.17) is 0 Å². The van der Waals surface area contributed by atoms with Gasteiger partial charge in [0.2, 0.25) is 0 Å². The Morgan fingerprint density at radius 3 is 1.67 bits per heavy atom. The van der Waals surface area contributed by atoms with Gasteiger partial charge in [-0.05, 0) is 41.5 Å². The van der Waals surface area contributed by atoms with Crippen molar-refractivity contribution in [3.63, 3.8) is 0 Å². The van der Waals surface area contributed by atoms with E-state index in [9.17, 15) is 4.79 Å². The van der Waals surface area contributed by atoms with Gasteiger partial charge in [0.25, 0.3) is 0 Å². The van der Waals surface area contributed by atoms with Crippen LogP contribution in [0, 0.1) is 0 Å². The minimum atomic E-state index is 0.117. The van der Waals surface area contributed by atoms with Gasteiger partial charge >= 0.3 is 0 Å². The van der Waals surface area contributed by atoms with Crippen LogP contribution in [0.2, 0.25) is 0 Å². The molecule has 0 rings (SSSR count). The molecule has 2 nitrogen and oxygen atoms in total. The molecule has 0 unspecified atom stereocenters. The SMILES string of the molecule is CCC(=O)CCN(C(C)(C)C)C(C)(C)C. The van der Waals surface area contributed by atoms with Crippen LogP contribution in [0.15, 0.2) is 0 Å². The van der Waals surface area contributed by atoms with Gasteiger partial charge < -0.3 is 0 Å². The molecule has 15 heavy (non-hydrogen) atoms. The van der Waals surface area contributed by atoms with E-state index >= 15 is 0 Å². The quantitative estimate of drug-likeness (QED) is 0.714. The number of Topliss-reactive ketones (excluding diaryl/α,β-unsaturated/α-hetero) is 1. The van der Waals surface area contributed by atoms with Gasteiger partial charge in [-0.3, -0.25) is 9.69 Å². The summed E-state index contributed by atoms with van der Waals surface area (Å²) >= 11 is 0. The van der Waals surface area contributed by atoms with Crippen LogP contribution in [0.1, 0.15) is 61.3 Å². The number of ketones is 1. The molecule has 0 heterocycles. The molecule has 0 aromatic heterocycles. The summed E-state index contributed by atoms with van der Waals surface area (Å²) in [7, 11) is 0. The maximum Gasteiger partial charge on any atom is 0.133 e. The third-order valence-electron chi connectivity index (χ3n) is 2.63. The molecule has 0 saturated heterocycles. The number of rotatable bonds is 4. The fourth-order valence-electron chi connectivity index (χ4n) is 2.09. The number of nitrogens with zero attached hydrogens (tertiary/aromatic N) is 1. The smallest absolute Gasteiger partial charge is 0.133 e. The maximum absolute atomic E-state index is 11.3. The van der Waals surface area contributed by atoms with E-state index in [1.807, 2.05) is 6.92 Å². The predicted molar refractivity (Wildman–Crippen MR) is 66.1 cm³/mol. The van der Waals surface area contributed by atoms with Crippen molar-refractivity contribution in [1.29, 1.82) is 0 Å². The number of carbonyl (C=O) groups is 1. The van der Waals surface area contributed by atoms with Crippen molar-refractivity contribution in [2.24, 2.45) is 0 Å². The first kappa shape index (κ1) is 14.6.